The molecule has 0 spiro atoms. The Morgan fingerprint density at radius 1 is 1.00 bits per heavy atom. The van der Waals surface area contributed by atoms with Gasteiger partial charge in [0.15, 0.2) is 5.13 Å². The lowest BCUT2D eigenvalue weighted by atomic mass is 10.1. The number of fused-ring (bicyclic) bond motifs is 2. The average molecular weight is 441 g/mol. The summed E-state index contributed by atoms with van der Waals surface area (Å²) in [5.41, 5.74) is 2.49. The van der Waals surface area contributed by atoms with Gasteiger partial charge >= 0.3 is 0 Å². The third-order valence-corrected chi connectivity index (χ3v) is 6.12. The van der Waals surface area contributed by atoms with Gasteiger partial charge in [0.1, 0.15) is 11.6 Å². The third kappa shape index (κ3) is 4.24. The van der Waals surface area contributed by atoms with E-state index in [1.54, 1.807) is 24.4 Å². The summed E-state index contributed by atoms with van der Waals surface area (Å²) >= 11 is 1.49. The lowest BCUT2D eigenvalue weighted by Gasteiger charge is -2.05. The van der Waals surface area contributed by atoms with E-state index in [1.807, 2.05) is 54.6 Å². The molecule has 0 aliphatic carbocycles. The molecule has 2 aromatic heterocycles. The van der Waals surface area contributed by atoms with Gasteiger partial charge in [-0.05, 0) is 53.8 Å². The minimum atomic E-state index is -0.121. The van der Waals surface area contributed by atoms with Gasteiger partial charge in [-0.15, -0.1) is 0 Å². The molecule has 0 saturated carbocycles. The minimum Gasteiger partial charge on any atom is -0.508 e. The highest BCUT2D eigenvalue weighted by Crippen LogP contribution is 2.30. The molecule has 0 atom stereocenters. The van der Waals surface area contributed by atoms with Gasteiger partial charge in [0.2, 0.25) is 0 Å². The standard InChI is InChI=1S/C25H20N4O2S/c30-19-8-5-16(6-9-19)11-13-27-24(31)18-7-10-21-22(15-18)32-25(28-21)29-23-20-4-2-1-3-17(20)12-14-26-23/h1-10,12,14-15,30H,11,13H2,(H,27,31)(H,26,28,29). The van der Waals surface area contributed by atoms with Crippen LogP contribution in [0.3, 0.4) is 0 Å². The Bertz CT molecular complexity index is 1410. The molecular weight excluding hydrogens is 420 g/mol. The highest BCUT2D eigenvalue weighted by atomic mass is 32.1. The summed E-state index contributed by atoms with van der Waals surface area (Å²) in [7, 11) is 0. The number of thiazole rings is 1. The van der Waals surface area contributed by atoms with E-state index < -0.39 is 0 Å². The lowest BCUT2D eigenvalue weighted by Crippen LogP contribution is -2.25. The monoisotopic (exact) mass is 440 g/mol. The molecule has 3 N–H and O–H groups in total. The first-order valence-corrected chi connectivity index (χ1v) is 11.0. The van der Waals surface area contributed by atoms with Crippen LogP contribution in [0.4, 0.5) is 10.9 Å². The molecule has 3 aromatic carbocycles. The number of nitrogens with zero attached hydrogens (tertiary/aromatic N) is 2. The molecule has 158 valence electrons. The van der Waals surface area contributed by atoms with Crippen molar-refractivity contribution in [3.63, 3.8) is 0 Å². The molecular formula is C25H20N4O2S. The van der Waals surface area contributed by atoms with Crippen molar-refractivity contribution in [2.45, 2.75) is 6.42 Å². The van der Waals surface area contributed by atoms with Crippen LogP contribution in [0.15, 0.2) is 79.0 Å². The van der Waals surface area contributed by atoms with Crippen molar-refractivity contribution in [1.29, 1.82) is 0 Å². The molecule has 0 aliphatic heterocycles. The SMILES string of the molecule is O=C(NCCc1ccc(O)cc1)c1ccc2nc(Nc3nccc4ccccc34)sc2c1. The quantitative estimate of drug-likeness (QED) is 0.335. The maximum Gasteiger partial charge on any atom is 0.251 e. The molecule has 0 fully saturated rings. The number of hydrogen-bond donors (Lipinski definition) is 3. The molecule has 7 heteroatoms. The molecule has 0 radical (unpaired) electrons. The van der Waals surface area contributed by atoms with E-state index in [4.69, 9.17) is 0 Å². The predicted octanol–water partition coefficient (Wildman–Crippen LogP) is 5.27. The van der Waals surface area contributed by atoms with Gasteiger partial charge in [0, 0.05) is 23.7 Å². The zero-order valence-corrected chi connectivity index (χ0v) is 17.9. The summed E-state index contributed by atoms with van der Waals surface area (Å²) in [6.07, 6.45) is 2.47. The maximum atomic E-state index is 12.6. The average Bonchev–Trinajstić information content (AvgIpc) is 3.22. The van der Waals surface area contributed by atoms with Crippen molar-refractivity contribution in [2.24, 2.45) is 0 Å². The van der Waals surface area contributed by atoms with Crippen LogP contribution in [-0.2, 0) is 6.42 Å². The van der Waals surface area contributed by atoms with Gasteiger partial charge in [-0.2, -0.15) is 0 Å². The molecule has 1 amide bonds. The van der Waals surface area contributed by atoms with E-state index in [0.29, 0.717) is 18.5 Å². The molecule has 0 bridgehead atoms. The zero-order chi connectivity index (χ0) is 21.9. The van der Waals surface area contributed by atoms with Crippen LogP contribution in [-0.4, -0.2) is 27.5 Å². The van der Waals surface area contributed by atoms with E-state index in [0.717, 1.165) is 37.5 Å². The van der Waals surface area contributed by atoms with Gasteiger partial charge in [0.25, 0.3) is 5.91 Å². The Kier molecular flexibility index (Phi) is 5.39. The largest absolute Gasteiger partial charge is 0.508 e. The number of aromatic nitrogens is 2. The Morgan fingerprint density at radius 3 is 2.72 bits per heavy atom. The van der Waals surface area contributed by atoms with Crippen molar-refractivity contribution in [3.8, 4) is 5.75 Å². The zero-order valence-electron chi connectivity index (χ0n) is 17.1. The highest BCUT2D eigenvalue weighted by Gasteiger charge is 2.11. The van der Waals surface area contributed by atoms with Crippen LogP contribution >= 0.6 is 11.3 Å². The second-order valence-electron chi connectivity index (χ2n) is 7.38. The van der Waals surface area contributed by atoms with Crippen LogP contribution in [0.25, 0.3) is 21.0 Å². The number of rotatable bonds is 6. The molecule has 2 heterocycles. The second-order valence-corrected chi connectivity index (χ2v) is 8.41. The first-order chi connectivity index (χ1) is 15.7. The number of amides is 1. The molecule has 32 heavy (non-hydrogen) atoms. The normalized spacial score (nSPS) is 11.0. The van der Waals surface area contributed by atoms with Crippen molar-refractivity contribution >= 4 is 49.2 Å². The first-order valence-electron chi connectivity index (χ1n) is 10.2. The summed E-state index contributed by atoms with van der Waals surface area (Å²) < 4.78 is 0.930. The molecule has 5 rings (SSSR count). The van der Waals surface area contributed by atoms with Crippen LogP contribution in [0.2, 0.25) is 0 Å². The number of carbonyl (C=O) groups excluding carboxylic acids is 1. The highest BCUT2D eigenvalue weighted by molar-refractivity contribution is 7.22. The fraction of sp³-hybridized carbons (Fsp3) is 0.0800. The summed E-state index contributed by atoms with van der Waals surface area (Å²) in [4.78, 5) is 21.7. The maximum absolute atomic E-state index is 12.6. The molecule has 0 aliphatic rings. The molecule has 0 unspecified atom stereocenters. The fourth-order valence-electron chi connectivity index (χ4n) is 3.52. The number of phenols is 1. The van der Waals surface area contributed by atoms with Crippen molar-refractivity contribution < 1.29 is 9.90 Å². The number of hydrogen-bond acceptors (Lipinski definition) is 6. The van der Waals surface area contributed by atoms with Gasteiger partial charge in [-0.25, -0.2) is 9.97 Å². The van der Waals surface area contributed by atoms with Gasteiger partial charge in [-0.1, -0.05) is 47.7 Å². The van der Waals surface area contributed by atoms with Crippen molar-refractivity contribution in [3.05, 3.63) is 90.1 Å². The summed E-state index contributed by atoms with van der Waals surface area (Å²) in [6.45, 7) is 0.518. The minimum absolute atomic E-state index is 0.121. The Morgan fingerprint density at radius 2 is 1.84 bits per heavy atom. The van der Waals surface area contributed by atoms with Crippen molar-refractivity contribution in [1.82, 2.24) is 15.3 Å². The number of benzene rings is 3. The number of pyridine rings is 1. The number of anilines is 2. The Labute approximate surface area is 188 Å². The second kappa shape index (κ2) is 8.64. The van der Waals surface area contributed by atoms with Crippen molar-refractivity contribution in [2.75, 3.05) is 11.9 Å². The van der Waals surface area contributed by atoms with Crippen LogP contribution in [0.1, 0.15) is 15.9 Å². The topological polar surface area (TPSA) is 87.1 Å². The van der Waals surface area contributed by atoms with E-state index in [9.17, 15) is 9.90 Å². The Balaban J connectivity index is 1.29. The van der Waals surface area contributed by atoms with E-state index in [1.165, 1.54) is 11.3 Å². The van der Waals surface area contributed by atoms with Gasteiger partial charge < -0.3 is 15.7 Å². The van der Waals surface area contributed by atoms with E-state index in [2.05, 4.69) is 20.6 Å². The summed E-state index contributed by atoms with van der Waals surface area (Å²) in [5, 5.41) is 18.5. The van der Waals surface area contributed by atoms with Crippen LogP contribution < -0.4 is 10.6 Å². The molecule has 6 nitrogen and oxygen atoms in total. The van der Waals surface area contributed by atoms with Crippen LogP contribution in [0, 0.1) is 0 Å². The Hall–Kier alpha value is -3.97. The summed E-state index contributed by atoms with van der Waals surface area (Å²) in [5.74, 6) is 0.874. The van der Waals surface area contributed by atoms with Gasteiger partial charge in [-0.3, -0.25) is 4.79 Å². The molecule has 0 saturated heterocycles. The number of nitrogens with one attached hydrogen (secondary N) is 2. The fourth-order valence-corrected chi connectivity index (χ4v) is 4.43. The van der Waals surface area contributed by atoms with Crippen LogP contribution in [0.5, 0.6) is 5.75 Å². The number of carbonyl (C=O) groups is 1. The lowest BCUT2D eigenvalue weighted by molar-refractivity contribution is 0.0954. The third-order valence-electron chi connectivity index (χ3n) is 5.19. The van der Waals surface area contributed by atoms with E-state index in [-0.39, 0.29) is 11.7 Å². The smallest absolute Gasteiger partial charge is 0.251 e. The van der Waals surface area contributed by atoms with Gasteiger partial charge in [0.05, 0.1) is 10.2 Å². The predicted molar refractivity (Wildman–Crippen MR) is 129 cm³/mol. The molecule has 5 aromatic rings. The first kappa shape index (κ1) is 20.0. The summed E-state index contributed by atoms with van der Waals surface area (Å²) in [6, 6.07) is 22.6. The van der Waals surface area contributed by atoms with E-state index >= 15 is 0 Å². The number of phenolic OH excluding ortho intramolecular Hbond substituents is 1. The number of aromatic hydroxyl groups is 1.